The van der Waals surface area contributed by atoms with Crippen LogP contribution >= 0.6 is 0 Å². The molecule has 4 N–H and O–H groups in total. The fraction of sp³-hybridized carbons (Fsp3) is 0.312. The summed E-state index contributed by atoms with van der Waals surface area (Å²) in [6.07, 6.45) is 21.5. The second kappa shape index (κ2) is 14.9. The van der Waals surface area contributed by atoms with Crippen molar-refractivity contribution in [3.05, 3.63) is 119 Å². The second-order valence-electron chi connectivity index (χ2n) is 9.34. The number of benzene rings is 2. The predicted octanol–water partition coefficient (Wildman–Crippen LogP) is 4.38. The molecule has 0 radical (unpaired) electrons. The van der Waals surface area contributed by atoms with Gasteiger partial charge in [0.2, 0.25) is 0 Å². The van der Waals surface area contributed by atoms with Gasteiger partial charge in [-0.05, 0) is 85.4 Å². The van der Waals surface area contributed by atoms with Crippen molar-refractivity contribution in [3.8, 4) is 11.5 Å². The first-order valence-electron chi connectivity index (χ1n) is 13.3. The lowest BCUT2D eigenvalue weighted by atomic mass is 10.2. The molecular formula is C32H40N2O2+2. The van der Waals surface area contributed by atoms with Crippen molar-refractivity contribution in [2.45, 2.75) is 38.8 Å². The Hall–Kier alpha value is -3.34. The first-order valence-corrected chi connectivity index (χ1v) is 13.3. The Morgan fingerprint density at radius 2 is 1.03 bits per heavy atom. The van der Waals surface area contributed by atoms with Gasteiger partial charge in [-0.2, -0.15) is 0 Å². The van der Waals surface area contributed by atoms with Crippen LogP contribution in [0.25, 0.3) is 0 Å². The Morgan fingerprint density at radius 1 is 0.583 bits per heavy atom. The summed E-state index contributed by atoms with van der Waals surface area (Å²) in [5.74, 6) is 1.87. The molecule has 0 saturated carbocycles. The van der Waals surface area contributed by atoms with Crippen molar-refractivity contribution >= 4 is 0 Å². The second-order valence-corrected chi connectivity index (χ2v) is 9.34. The van der Waals surface area contributed by atoms with Gasteiger partial charge in [-0.15, -0.1) is 0 Å². The third-order valence-electron chi connectivity index (χ3n) is 6.39. The highest BCUT2D eigenvalue weighted by Crippen LogP contribution is 2.14. The van der Waals surface area contributed by atoms with Crippen LogP contribution in [0, 0.1) is 0 Å². The molecule has 4 nitrogen and oxygen atoms in total. The van der Waals surface area contributed by atoms with Gasteiger partial charge in [-0.1, -0.05) is 48.6 Å². The Labute approximate surface area is 216 Å². The van der Waals surface area contributed by atoms with Gasteiger partial charge in [0, 0.05) is 11.1 Å². The zero-order valence-corrected chi connectivity index (χ0v) is 21.3. The van der Waals surface area contributed by atoms with Crippen LogP contribution in [0.4, 0.5) is 0 Å². The molecule has 0 aromatic heterocycles. The highest BCUT2D eigenvalue weighted by molar-refractivity contribution is 5.28. The van der Waals surface area contributed by atoms with Gasteiger partial charge < -0.3 is 20.1 Å². The van der Waals surface area contributed by atoms with Crippen molar-refractivity contribution in [2.24, 2.45) is 0 Å². The summed E-state index contributed by atoms with van der Waals surface area (Å²) < 4.78 is 11.7. The molecule has 0 unspecified atom stereocenters. The highest BCUT2D eigenvalue weighted by atomic mass is 16.5. The van der Waals surface area contributed by atoms with Crippen LogP contribution in [0.3, 0.4) is 0 Å². The fourth-order valence-electron chi connectivity index (χ4n) is 4.30. The number of ether oxygens (including phenoxy) is 2. The maximum atomic E-state index is 5.87. The van der Waals surface area contributed by atoms with E-state index in [0.29, 0.717) is 13.2 Å². The van der Waals surface area contributed by atoms with E-state index in [2.05, 4.69) is 108 Å². The quantitative estimate of drug-likeness (QED) is 0.274. The lowest BCUT2D eigenvalue weighted by Gasteiger charge is -2.07. The molecule has 0 aliphatic heterocycles. The van der Waals surface area contributed by atoms with Gasteiger partial charge in [-0.25, -0.2) is 0 Å². The largest absolute Gasteiger partial charge is 0.493 e. The van der Waals surface area contributed by atoms with Crippen molar-refractivity contribution in [3.63, 3.8) is 0 Å². The summed E-state index contributed by atoms with van der Waals surface area (Å²) in [5.41, 5.74) is 5.66. The summed E-state index contributed by atoms with van der Waals surface area (Å²) in [7, 11) is 0. The third-order valence-corrected chi connectivity index (χ3v) is 6.39. The molecular weight excluding hydrogens is 444 g/mol. The molecule has 188 valence electrons. The molecule has 0 atom stereocenters. The van der Waals surface area contributed by atoms with E-state index < -0.39 is 0 Å². The predicted molar refractivity (Wildman–Crippen MR) is 147 cm³/mol. The highest BCUT2D eigenvalue weighted by Gasteiger charge is 2.04. The van der Waals surface area contributed by atoms with Crippen molar-refractivity contribution in [1.82, 2.24) is 0 Å². The summed E-state index contributed by atoms with van der Waals surface area (Å²) in [6.45, 7) is 5.53. The van der Waals surface area contributed by atoms with Crippen LogP contribution in [0.1, 0.15) is 36.8 Å². The molecule has 0 spiro atoms. The zero-order valence-electron chi connectivity index (χ0n) is 21.3. The molecule has 2 aromatic rings. The Bertz CT molecular complexity index is 989. The number of quaternary nitrogens is 2. The van der Waals surface area contributed by atoms with Crippen LogP contribution in [-0.2, 0) is 13.1 Å². The van der Waals surface area contributed by atoms with Crippen LogP contribution in [0.5, 0.6) is 11.5 Å². The summed E-state index contributed by atoms with van der Waals surface area (Å²) in [5, 5.41) is 4.71. The van der Waals surface area contributed by atoms with Crippen molar-refractivity contribution in [1.29, 1.82) is 0 Å². The monoisotopic (exact) mass is 484 g/mol. The third kappa shape index (κ3) is 9.37. The van der Waals surface area contributed by atoms with E-state index in [9.17, 15) is 0 Å². The lowest BCUT2D eigenvalue weighted by molar-refractivity contribution is -0.664. The molecule has 2 aliphatic rings. The summed E-state index contributed by atoms with van der Waals surface area (Å²) in [6, 6.07) is 17.0. The standard InChI is InChI=1S/C32H38N2O2/c1(7-21-35-31-17-13-29(14-18-31)25-33-23-27-9-3-4-10-27)2-8-22-36-32-19-15-30(16-20-32)26-34-24-28-11-5-6-12-28/h1-6,9,11,13-20,33-34H,7-8,10,12,21-26H2/p+2/b2-1+. The van der Waals surface area contributed by atoms with Gasteiger partial charge in [0.15, 0.2) is 0 Å². The number of allylic oxidation sites excluding steroid dienone is 6. The van der Waals surface area contributed by atoms with Gasteiger partial charge in [0.25, 0.3) is 0 Å². The number of nitrogens with two attached hydrogens (primary N) is 2. The van der Waals surface area contributed by atoms with Crippen LogP contribution in [-0.4, -0.2) is 26.3 Å². The molecule has 0 amide bonds. The topological polar surface area (TPSA) is 51.7 Å². The maximum absolute atomic E-state index is 5.87. The van der Waals surface area contributed by atoms with Crippen molar-refractivity contribution in [2.75, 3.05) is 26.3 Å². The van der Waals surface area contributed by atoms with Gasteiger partial charge in [0.05, 0.1) is 26.3 Å². The minimum Gasteiger partial charge on any atom is -0.493 e. The molecule has 0 saturated heterocycles. The zero-order chi connectivity index (χ0) is 24.7. The van der Waals surface area contributed by atoms with Gasteiger partial charge in [-0.3, -0.25) is 0 Å². The number of hydrogen-bond donors (Lipinski definition) is 2. The minimum absolute atomic E-state index is 0.691. The van der Waals surface area contributed by atoms with Gasteiger partial charge in [0.1, 0.15) is 24.6 Å². The van der Waals surface area contributed by atoms with Crippen LogP contribution < -0.4 is 20.1 Å². The number of rotatable bonds is 16. The summed E-state index contributed by atoms with van der Waals surface area (Å²) in [4.78, 5) is 0. The van der Waals surface area contributed by atoms with E-state index in [0.717, 1.165) is 63.4 Å². The molecule has 0 fully saturated rings. The molecule has 2 aliphatic carbocycles. The lowest BCUT2D eigenvalue weighted by Crippen LogP contribution is -2.82. The SMILES string of the molecule is C1=CCC(C[NH2+]Cc2ccc(OCC/C=C/CCOc3ccc(C[NH2+]CC4=CC=CC4)cc3)cc2)=C1. The van der Waals surface area contributed by atoms with E-state index in [-0.39, 0.29) is 0 Å². The molecule has 4 heteroatoms. The molecule has 36 heavy (non-hydrogen) atoms. The fourth-order valence-corrected chi connectivity index (χ4v) is 4.30. The van der Waals surface area contributed by atoms with Crippen molar-refractivity contribution < 1.29 is 20.1 Å². The average molecular weight is 485 g/mol. The van der Waals surface area contributed by atoms with E-state index >= 15 is 0 Å². The van der Waals surface area contributed by atoms with E-state index in [4.69, 9.17) is 9.47 Å². The Balaban J connectivity index is 1.01. The molecule has 0 heterocycles. The van der Waals surface area contributed by atoms with E-state index in [1.165, 1.54) is 22.3 Å². The van der Waals surface area contributed by atoms with Crippen LogP contribution in [0.15, 0.2) is 108 Å². The Kier molecular flexibility index (Phi) is 10.7. The first-order chi connectivity index (χ1) is 17.8. The Morgan fingerprint density at radius 3 is 1.42 bits per heavy atom. The normalized spacial score (nSPS) is 14.4. The minimum atomic E-state index is 0.691. The van der Waals surface area contributed by atoms with E-state index in [1.54, 1.807) is 0 Å². The van der Waals surface area contributed by atoms with Gasteiger partial charge >= 0.3 is 0 Å². The average Bonchev–Trinajstić information content (AvgIpc) is 3.62. The first kappa shape index (κ1) is 25.7. The molecule has 0 bridgehead atoms. The molecule has 2 aromatic carbocycles. The van der Waals surface area contributed by atoms with Crippen LogP contribution in [0.2, 0.25) is 0 Å². The summed E-state index contributed by atoms with van der Waals surface area (Å²) >= 11 is 0. The van der Waals surface area contributed by atoms with E-state index in [1.807, 2.05) is 0 Å². The number of hydrogen-bond acceptors (Lipinski definition) is 2. The smallest absolute Gasteiger partial charge is 0.119 e. The maximum Gasteiger partial charge on any atom is 0.119 e. The molecule has 4 rings (SSSR count).